The second kappa shape index (κ2) is 10.5. The number of hydrogen-bond donors (Lipinski definition) is 2. The van der Waals surface area contributed by atoms with E-state index in [-0.39, 0.29) is 24.0 Å². The molecule has 23 heavy (non-hydrogen) atoms. The summed E-state index contributed by atoms with van der Waals surface area (Å²) in [4.78, 5) is 9.73. The van der Waals surface area contributed by atoms with E-state index < -0.39 is 0 Å². The molecule has 0 aliphatic carbocycles. The zero-order valence-electron chi connectivity index (χ0n) is 14.8. The van der Waals surface area contributed by atoms with E-state index in [1.165, 1.54) is 35.7 Å². The fourth-order valence-electron chi connectivity index (χ4n) is 2.83. The van der Waals surface area contributed by atoms with Crippen molar-refractivity contribution >= 4 is 41.3 Å². The molecular weight excluding hydrogens is 419 g/mol. The minimum Gasteiger partial charge on any atom is -0.354 e. The highest BCUT2D eigenvalue weighted by Crippen LogP contribution is 2.16. The van der Waals surface area contributed by atoms with E-state index in [9.17, 15) is 0 Å². The standard InChI is InChI=1S/C17H30N4S.HI/c1-5-15-6-7-16(22-15)12-19-17(18-4)20-14-8-10-21(11-9-14)13(2)3;/h6-7,13-14H,5,8-12H2,1-4H3,(H2,18,19,20);1H. The monoisotopic (exact) mass is 450 g/mol. The van der Waals surface area contributed by atoms with Crippen LogP contribution in [0.2, 0.25) is 0 Å². The van der Waals surface area contributed by atoms with E-state index in [1.807, 2.05) is 18.4 Å². The van der Waals surface area contributed by atoms with Crippen LogP contribution in [0.1, 0.15) is 43.4 Å². The fourth-order valence-corrected chi connectivity index (χ4v) is 3.72. The normalized spacial score (nSPS) is 17.2. The zero-order chi connectivity index (χ0) is 15.9. The maximum atomic E-state index is 4.36. The van der Waals surface area contributed by atoms with E-state index in [0.717, 1.165) is 18.9 Å². The molecule has 4 nitrogen and oxygen atoms in total. The van der Waals surface area contributed by atoms with Gasteiger partial charge in [0.05, 0.1) is 6.54 Å². The topological polar surface area (TPSA) is 39.7 Å². The van der Waals surface area contributed by atoms with Crippen LogP contribution in [-0.2, 0) is 13.0 Å². The summed E-state index contributed by atoms with van der Waals surface area (Å²) in [5, 5.41) is 7.01. The zero-order valence-corrected chi connectivity index (χ0v) is 17.9. The molecular formula is C17H31IN4S. The van der Waals surface area contributed by atoms with Gasteiger partial charge in [-0.3, -0.25) is 4.99 Å². The van der Waals surface area contributed by atoms with Gasteiger partial charge in [0.2, 0.25) is 0 Å². The number of piperidine rings is 1. The van der Waals surface area contributed by atoms with Gasteiger partial charge < -0.3 is 15.5 Å². The van der Waals surface area contributed by atoms with Crippen LogP contribution in [0.5, 0.6) is 0 Å². The summed E-state index contributed by atoms with van der Waals surface area (Å²) in [7, 11) is 1.85. The van der Waals surface area contributed by atoms with Gasteiger partial charge in [0.15, 0.2) is 5.96 Å². The van der Waals surface area contributed by atoms with Crippen LogP contribution < -0.4 is 10.6 Å². The van der Waals surface area contributed by atoms with Gasteiger partial charge >= 0.3 is 0 Å². The number of guanidine groups is 1. The third kappa shape index (κ3) is 6.58. The molecule has 0 bridgehead atoms. The summed E-state index contributed by atoms with van der Waals surface area (Å²) in [5.41, 5.74) is 0. The van der Waals surface area contributed by atoms with E-state index >= 15 is 0 Å². The van der Waals surface area contributed by atoms with Crippen molar-refractivity contribution in [2.75, 3.05) is 20.1 Å². The fraction of sp³-hybridized carbons (Fsp3) is 0.706. The lowest BCUT2D eigenvalue weighted by Gasteiger charge is -2.35. The molecule has 1 fully saturated rings. The molecule has 0 unspecified atom stereocenters. The molecule has 1 aliphatic heterocycles. The molecule has 1 aromatic heterocycles. The molecule has 6 heteroatoms. The molecule has 0 radical (unpaired) electrons. The SMILES string of the molecule is CCc1ccc(CNC(=NC)NC2CCN(C(C)C)CC2)s1.I. The Morgan fingerprint density at radius 2 is 1.96 bits per heavy atom. The number of nitrogens with zero attached hydrogens (tertiary/aromatic N) is 2. The lowest BCUT2D eigenvalue weighted by molar-refractivity contribution is 0.167. The first-order valence-corrected chi connectivity index (χ1v) is 9.22. The molecule has 1 aromatic rings. The number of hydrogen-bond acceptors (Lipinski definition) is 3. The summed E-state index contributed by atoms with van der Waals surface area (Å²) in [6.07, 6.45) is 3.50. The number of nitrogens with one attached hydrogen (secondary N) is 2. The van der Waals surface area contributed by atoms with E-state index in [1.54, 1.807) is 0 Å². The van der Waals surface area contributed by atoms with Crippen molar-refractivity contribution in [3.8, 4) is 0 Å². The van der Waals surface area contributed by atoms with Gasteiger partial charge in [0.1, 0.15) is 0 Å². The summed E-state index contributed by atoms with van der Waals surface area (Å²) in [6.45, 7) is 9.97. The van der Waals surface area contributed by atoms with Gasteiger partial charge in [0, 0.05) is 42.0 Å². The summed E-state index contributed by atoms with van der Waals surface area (Å²) in [5.74, 6) is 0.925. The smallest absolute Gasteiger partial charge is 0.191 e. The largest absolute Gasteiger partial charge is 0.354 e. The Kier molecular flexibility index (Phi) is 9.46. The highest BCUT2D eigenvalue weighted by molar-refractivity contribution is 14.0. The van der Waals surface area contributed by atoms with Crippen molar-refractivity contribution in [1.82, 2.24) is 15.5 Å². The molecule has 1 saturated heterocycles. The summed E-state index contributed by atoms with van der Waals surface area (Å²) >= 11 is 1.88. The van der Waals surface area contributed by atoms with Gasteiger partial charge in [-0.2, -0.15) is 0 Å². The van der Waals surface area contributed by atoms with Crippen molar-refractivity contribution in [1.29, 1.82) is 0 Å². The third-order valence-electron chi connectivity index (χ3n) is 4.32. The average Bonchev–Trinajstić information content (AvgIpc) is 3.00. The highest BCUT2D eigenvalue weighted by atomic mass is 127. The average molecular weight is 450 g/mol. The van der Waals surface area contributed by atoms with Crippen LogP contribution in [0.3, 0.4) is 0 Å². The number of aryl methyl sites for hydroxylation is 1. The Morgan fingerprint density at radius 3 is 2.48 bits per heavy atom. The Morgan fingerprint density at radius 1 is 1.30 bits per heavy atom. The van der Waals surface area contributed by atoms with Gasteiger partial charge in [-0.1, -0.05) is 6.92 Å². The van der Waals surface area contributed by atoms with Gasteiger partial charge in [0.25, 0.3) is 0 Å². The molecule has 0 amide bonds. The lowest BCUT2D eigenvalue weighted by atomic mass is 10.0. The van der Waals surface area contributed by atoms with Crippen molar-refractivity contribution in [2.24, 2.45) is 4.99 Å². The second-order valence-corrected chi connectivity index (χ2v) is 7.45. The Hall–Kier alpha value is -0.340. The number of aliphatic imine (C=N–C) groups is 1. The maximum Gasteiger partial charge on any atom is 0.191 e. The maximum absolute atomic E-state index is 4.36. The van der Waals surface area contributed by atoms with E-state index in [4.69, 9.17) is 0 Å². The highest BCUT2D eigenvalue weighted by Gasteiger charge is 2.21. The molecule has 2 N–H and O–H groups in total. The van der Waals surface area contributed by atoms with E-state index in [0.29, 0.717) is 12.1 Å². The third-order valence-corrected chi connectivity index (χ3v) is 5.55. The van der Waals surface area contributed by atoms with Crippen molar-refractivity contribution in [3.05, 3.63) is 21.9 Å². The predicted octanol–water partition coefficient (Wildman–Crippen LogP) is 3.47. The predicted molar refractivity (Wildman–Crippen MR) is 112 cm³/mol. The van der Waals surface area contributed by atoms with Crippen molar-refractivity contribution in [3.63, 3.8) is 0 Å². The quantitative estimate of drug-likeness (QED) is 0.410. The second-order valence-electron chi connectivity index (χ2n) is 6.20. The molecule has 2 rings (SSSR count). The first-order chi connectivity index (χ1) is 10.6. The molecule has 0 saturated carbocycles. The van der Waals surface area contributed by atoms with Crippen LogP contribution >= 0.6 is 35.3 Å². The summed E-state index contributed by atoms with van der Waals surface area (Å²) in [6, 6.07) is 5.63. The van der Waals surface area contributed by atoms with Crippen LogP contribution in [0.25, 0.3) is 0 Å². The Bertz CT molecular complexity index is 479. The van der Waals surface area contributed by atoms with Gasteiger partial charge in [-0.25, -0.2) is 0 Å². The van der Waals surface area contributed by atoms with Crippen molar-refractivity contribution < 1.29 is 0 Å². The number of likely N-dealkylation sites (tertiary alicyclic amines) is 1. The number of halogens is 1. The molecule has 0 aromatic carbocycles. The first-order valence-electron chi connectivity index (χ1n) is 8.41. The van der Waals surface area contributed by atoms with Crippen molar-refractivity contribution in [2.45, 2.75) is 58.7 Å². The molecule has 0 atom stereocenters. The molecule has 2 heterocycles. The van der Waals surface area contributed by atoms with Gasteiger partial charge in [-0.05, 0) is 45.2 Å². The first kappa shape index (κ1) is 20.7. The number of rotatable bonds is 5. The Labute approximate surface area is 162 Å². The van der Waals surface area contributed by atoms with Crippen LogP contribution in [-0.4, -0.2) is 43.1 Å². The van der Waals surface area contributed by atoms with Crippen LogP contribution in [0.4, 0.5) is 0 Å². The Balaban J connectivity index is 0.00000264. The minimum atomic E-state index is 0. The lowest BCUT2D eigenvalue weighted by Crippen LogP contribution is -2.49. The van der Waals surface area contributed by atoms with Crippen LogP contribution in [0, 0.1) is 0 Å². The molecule has 1 aliphatic rings. The van der Waals surface area contributed by atoms with Gasteiger partial charge in [-0.15, -0.1) is 35.3 Å². The summed E-state index contributed by atoms with van der Waals surface area (Å²) < 4.78 is 0. The molecule has 0 spiro atoms. The van der Waals surface area contributed by atoms with Crippen LogP contribution in [0.15, 0.2) is 17.1 Å². The minimum absolute atomic E-state index is 0. The number of thiophene rings is 1. The van der Waals surface area contributed by atoms with E-state index in [2.05, 4.69) is 53.4 Å². The molecule has 132 valence electrons.